The first-order valence-corrected chi connectivity index (χ1v) is 8.33. The summed E-state index contributed by atoms with van der Waals surface area (Å²) < 4.78 is 46.5. The molecular formula is C18H22F3N3O. The number of rotatable bonds is 4. The van der Waals surface area contributed by atoms with Crippen LogP contribution in [0.4, 0.5) is 13.2 Å². The highest BCUT2D eigenvalue weighted by Gasteiger charge is 2.31. The van der Waals surface area contributed by atoms with E-state index >= 15 is 0 Å². The predicted octanol–water partition coefficient (Wildman–Crippen LogP) is 3.85. The SMILES string of the molecule is C=CCn1c(CN2CC(C)OC(C)C2)nc2cc(C(F)(F)F)ccc21. The Morgan fingerprint density at radius 2 is 1.96 bits per heavy atom. The van der Waals surface area contributed by atoms with Gasteiger partial charge in [-0.25, -0.2) is 4.98 Å². The van der Waals surface area contributed by atoms with Gasteiger partial charge in [-0.2, -0.15) is 13.2 Å². The van der Waals surface area contributed by atoms with Gasteiger partial charge < -0.3 is 9.30 Å². The normalized spacial score (nSPS) is 22.4. The molecule has 1 aromatic heterocycles. The van der Waals surface area contributed by atoms with Crippen LogP contribution in [0.3, 0.4) is 0 Å². The minimum Gasteiger partial charge on any atom is -0.373 e. The summed E-state index contributed by atoms with van der Waals surface area (Å²) in [4.78, 5) is 6.71. The minimum absolute atomic E-state index is 0.123. The van der Waals surface area contributed by atoms with E-state index in [0.717, 1.165) is 31.0 Å². The molecule has 136 valence electrons. The number of ether oxygens (including phenoxy) is 1. The van der Waals surface area contributed by atoms with Gasteiger partial charge in [-0.3, -0.25) is 4.90 Å². The molecule has 2 atom stereocenters. The molecule has 25 heavy (non-hydrogen) atoms. The van der Waals surface area contributed by atoms with Gasteiger partial charge in [0.15, 0.2) is 0 Å². The molecule has 2 aromatic rings. The fourth-order valence-electron chi connectivity index (χ4n) is 3.42. The molecule has 1 aliphatic heterocycles. The summed E-state index contributed by atoms with van der Waals surface area (Å²) in [5.41, 5.74) is 0.377. The van der Waals surface area contributed by atoms with E-state index in [1.54, 1.807) is 6.08 Å². The van der Waals surface area contributed by atoms with Gasteiger partial charge in [0.05, 0.1) is 35.3 Å². The lowest BCUT2D eigenvalue weighted by Crippen LogP contribution is -2.45. The zero-order chi connectivity index (χ0) is 18.2. The van der Waals surface area contributed by atoms with Crippen molar-refractivity contribution in [2.45, 2.75) is 45.3 Å². The number of allylic oxidation sites excluding steroid dienone is 1. The maximum absolute atomic E-state index is 13.0. The van der Waals surface area contributed by atoms with E-state index in [0.29, 0.717) is 24.1 Å². The molecule has 1 aromatic carbocycles. The number of halogens is 3. The lowest BCUT2D eigenvalue weighted by atomic mass is 10.2. The van der Waals surface area contributed by atoms with Gasteiger partial charge in [0.25, 0.3) is 0 Å². The maximum atomic E-state index is 13.0. The fourth-order valence-corrected chi connectivity index (χ4v) is 3.42. The van der Waals surface area contributed by atoms with Gasteiger partial charge in [-0.05, 0) is 32.0 Å². The van der Waals surface area contributed by atoms with Crippen molar-refractivity contribution in [3.8, 4) is 0 Å². The van der Waals surface area contributed by atoms with Crippen molar-refractivity contribution < 1.29 is 17.9 Å². The first-order chi connectivity index (χ1) is 11.8. The zero-order valence-corrected chi connectivity index (χ0v) is 14.4. The summed E-state index contributed by atoms with van der Waals surface area (Å²) in [5.74, 6) is 0.746. The lowest BCUT2D eigenvalue weighted by molar-refractivity contribution is -0.137. The third kappa shape index (κ3) is 3.88. The summed E-state index contributed by atoms with van der Waals surface area (Å²) >= 11 is 0. The van der Waals surface area contributed by atoms with Crippen LogP contribution >= 0.6 is 0 Å². The van der Waals surface area contributed by atoms with Gasteiger partial charge in [-0.15, -0.1) is 6.58 Å². The highest BCUT2D eigenvalue weighted by Crippen LogP contribution is 2.31. The van der Waals surface area contributed by atoms with Crippen molar-refractivity contribution in [1.82, 2.24) is 14.5 Å². The highest BCUT2D eigenvalue weighted by atomic mass is 19.4. The van der Waals surface area contributed by atoms with Gasteiger partial charge in [0, 0.05) is 19.6 Å². The number of morpholine rings is 1. The van der Waals surface area contributed by atoms with Crippen LogP contribution in [0.5, 0.6) is 0 Å². The van der Waals surface area contributed by atoms with E-state index < -0.39 is 11.7 Å². The first kappa shape index (κ1) is 17.9. The number of aromatic nitrogens is 2. The van der Waals surface area contributed by atoms with E-state index in [1.807, 2.05) is 18.4 Å². The Labute approximate surface area is 144 Å². The van der Waals surface area contributed by atoms with Gasteiger partial charge >= 0.3 is 6.18 Å². The Hall–Kier alpha value is -1.86. The highest BCUT2D eigenvalue weighted by molar-refractivity contribution is 5.77. The van der Waals surface area contributed by atoms with Crippen molar-refractivity contribution >= 4 is 11.0 Å². The maximum Gasteiger partial charge on any atom is 0.416 e. The number of benzene rings is 1. The monoisotopic (exact) mass is 353 g/mol. The Bertz CT molecular complexity index is 759. The third-order valence-corrected chi connectivity index (χ3v) is 4.33. The molecular weight excluding hydrogens is 331 g/mol. The summed E-state index contributed by atoms with van der Waals surface area (Å²) in [6.45, 7) is 10.4. The number of hydrogen-bond acceptors (Lipinski definition) is 3. The summed E-state index contributed by atoms with van der Waals surface area (Å²) in [6, 6.07) is 3.71. The van der Waals surface area contributed by atoms with Crippen LogP contribution in [0.15, 0.2) is 30.9 Å². The fraction of sp³-hybridized carbons (Fsp3) is 0.500. The average molecular weight is 353 g/mol. The van der Waals surface area contributed by atoms with E-state index in [1.165, 1.54) is 6.07 Å². The number of alkyl halides is 3. The standard InChI is InChI=1S/C18H22F3N3O/c1-4-7-24-16-6-5-14(18(19,20)21)8-15(16)22-17(24)11-23-9-12(2)25-13(3)10-23/h4-6,8,12-13H,1,7,9-11H2,2-3H3. The van der Waals surface area contributed by atoms with Crippen molar-refractivity contribution in [3.63, 3.8) is 0 Å². The van der Waals surface area contributed by atoms with E-state index in [9.17, 15) is 13.2 Å². The lowest BCUT2D eigenvalue weighted by Gasteiger charge is -2.35. The Morgan fingerprint density at radius 1 is 1.28 bits per heavy atom. The molecule has 7 heteroatoms. The Morgan fingerprint density at radius 3 is 2.56 bits per heavy atom. The zero-order valence-electron chi connectivity index (χ0n) is 14.4. The van der Waals surface area contributed by atoms with Gasteiger partial charge in [0.2, 0.25) is 0 Å². The van der Waals surface area contributed by atoms with Crippen LogP contribution in [0, 0.1) is 0 Å². The number of nitrogens with zero attached hydrogens (tertiary/aromatic N) is 3. The van der Waals surface area contributed by atoms with Crippen molar-refractivity contribution in [1.29, 1.82) is 0 Å². The molecule has 1 aliphatic rings. The molecule has 0 amide bonds. The quantitative estimate of drug-likeness (QED) is 0.782. The average Bonchev–Trinajstić information content (AvgIpc) is 2.82. The molecule has 2 heterocycles. The van der Waals surface area contributed by atoms with Crippen LogP contribution in [0.1, 0.15) is 25.2 Å². The summed E-state index contributed by atoms with van der Waals surface area (Å²) in [7, 11) is 0. The molecule has 0 radical (unpaired) electrons. The van der Waals surface area contributed by atoms with Crippen molar-refractivity contribution in [3.05, 3.63) is 42.2 Å². The Balaban J connectivity index is 1.95. The predicted molar refractivity (Wildman–Crippen MR) is 90.2 cm³/mol. The molecule has 0 bridgehead atoms. The van der Waals surface area contributed by atoms with Crippen LogP contribution in [0.25, 0.3) is 11.0 Å². The minimum atomic E-state index is -4.37. The number of imidazole rings is 1. The second-order valence-electron chi connectivity index (χ2n) is 6.58. The molecule has 2 unspecified atom stereocenters. The van der Waals surface area contributed by atoms with Crippen molar-refractivity contribution in [2.24, 2.45) is 0 Å². The van der Waals surface area contributed by atoms with E-state index in [2.05, 4.69) is 16.5 Å². The molecule has 0 N–H and O–H groups in total. The largest absolute Gasteiger partial charge is 0.416 e. The summed E-state index contributed by atoms with van der Waals surface area (Å²) in [6.07, 6.45) is -2.39. The second kappa shape index (κ2) is 6.80. The second-order valence-corrected chi connectivity index (χ2v) is 6.58. The molecule has 4 nitrogen and oxygen atoms in total. The van der Waals surface area contributed by atoms with E-state index in [4.69, 9.17) is 4.74 Å². The van der Waals surface area contributed by atoms with Gasteiger partial charge in [-0.1, -0.05) is 6.08 Å². The van der Waals surface area contributed by atoms with Crippen LogP contribution in [0.2, 0.25) is 0 Å². The van der Waals surface area contributed by atoms with Crippen LogP contribution in [-0.2, 0) is 24.0 Å². The smallest absolute Gasteiger partial charge is 0.373 e. The molecule has 0 aliphatic carbocycles. The molecule has 1 saturated heterocycles. The summed E-state index contributed by atoms with van der Waals surface area (Å²) in [5, 5.41) is 0. The molecule has 0 saturated carbocycles. The number of hydrogen-bond donors (Lipinski definition) is 0. The first-order valence-electron chi connectivity index (χ1n) is 8.33. The van der Waals surface area contributed by atoms with Crippen molar-refractivity contribution in [2.75, 3.05) is 13.1 Å². The van der Waals surface area contributed by atoms with Crippen LogP contribution in [-0.4, -0.2) is 39.7 Å². The van der Waals surface area contributed by atoms with Gasteiger partial charge in [0.1, 0.15) is 5.82 Å². The third-order valence-electron chi connectivity index (χ3n) is 4.33. The van der Waals surface area contributed by atoms with Crippen LogP contribution < -0.4 is 0 Å². The topological polar surface area (TPSA) is 30.3 Å². The Kier molecular flexibility index (Phi) is 4.88. The molecule has 0 spiro atoms. The van der Waals surface area contributed by atoms with E-state index in [-0.39, 0.29) is 12.2 Å². The molecule has 3 rings (SSSR count). The molecule has 1 fully saturated rings. The number of fused-ring (bicyclic) bond motifs is 1.